The number of nitrogens with two attached hydrogens (primary N) is 2. The molecule has 0 aliphatic carbocycles. The smallest absolute Gasteiger partial charge is 0.224 e. The predicted molar refractivity (Wildman–Crippen MR) is 68.1 cm³/mol. The van der Waals surface area contributed by atoms with Crippen LogP contribution in [-0.4, -0.2) is 55.2 Å². The molecule has 10 heteroatoms. The Morgan fingerprint density at radius 2 is 2.15 bits per heavy atom. The number of aromatic nitrogens is 4. The topological polar surface area (TPSA) is 145 Å². The molecular formula is C10H15FN6O3. The molecule has 2 aromatic rings. The Balaban J connectivity index is 2.18. The summed E-state index contributed by atoms with van der Waals surface area (Å²) in [6.45, 7) is -1.64. The summed E-state index contributed by atoms with van der Waals surface area (Å²) in [5.74, 6) is 0.119. The average molecular weight is 286 g/mol. The van der Waals surface area contributed by atoms with Gasteiger partial charge in [0.05, 0.1) is 12.9 Å². The molecule has 2 atom stereocenters. The highest BCUT2D eigenvalue weighted by Gasteiger charge is 2.19. The van der Waals surface area contributed by atoms with Crippen LogP contribution in [0.2, 0.25) is 0 Å². The van der Waals surface area contributed by atoms with Crippen LogP contribution in [0.15, 0.2) is 6.33 Å². The number of ether oxygens (including phenoxy) is 1. The summed E-state index contributed by atoms with van der Waals surface area (Å²) in [5, 5.41) is 18.3. The third-order valence-electron chi connectivity index (χ3n) is 2.70. The largest absolute Gasteiger partial charge is 0.394 e. The summed E-state index contributed by atoms with van der Waals surface area (Å²) >= 11 is 0. The summed E-state index contributed by atoms with van der Waals surface area (Å²) in [6, 6.07) is 0. The van der Waals surface area contributed by atoms with Crippen molar-refractivity contribution in [1.29, 1.82) is 0 Å². The molecule has 0 bridgehead atoms. The Morgan fingerprint density at radius 3 is 2.80 bits per heavy atom. The second-order valence-corrected chi connectivity index (χ2v) is 4.09. The molecule has 6 N–H and O–H groups in total. The van der Waals surface area contributed by atoms with Gasteiger partial charge in [0.2, 0.25) is 5.95 Å². The first-order chi connectivity index (χ1) is 9.56. The summed E-state index contributed by atoms with van der Waals surface area (Å²) in [6.07, 6.45) is -1.06. The van der Waals surface area contributed by atoms with Gasteiger partial charge in [-0.3, -0.25) is 4.57 Å². The Labute approximate surface area is 113 Å². The third-order valence-corrected chi connectivity index (χ3v) is 2.70. The molecule has 110 valence electrons. The molecule has 0 amide bonds. The molecule has 0 saturated heterocycles. The summed E-state index contributed by atoms with van der Waals surface area (Å²) in [4.78, 5) is 11.7. The number of hydrogen-bond donors (Lipinski definition) is 4. The fraction of sp³-hybridized carbons (Fsp3) is 0.500. The first kappa shape index (κ1) is 14.4. The number of hydrogen-bond acceptors (Lipinski definition) is 8. The zero-order valence-corrected chi connectivity index (χ0v) is 10.5. The zero-order valence-electron chi connectivity index (χ0n) is 10.5. The lowest BCUT2D eigenvalue weighted by Gasteiger charge is -2.19. The highest BCUT2D eigenvalue weighted by molar-refractivity contribution is 5.82. The van der Waals surface area contributed by atoms with Crippen molar-refractivity contribution >= 4 is 22.9 Å². The van der Waals surface area contributed by atoms with Gasteiger partial charge in [-0.2, -0.15) is 9.97 Å². The molecule has 9 nitrogen and oxygen atoms in total. The molecule has 0 spiro atoms. The molecule has 0 radical (unpaired) electrons. The van der Waals surface area contributed by atoms with Crippen molar-refractivity contribution in [2.75, 3.05) is 24.7 Å². The van der Waals surface area contributed by atoms with E-state index >= 15 is 0 Å². The van der Waals surface area contributed by atoms with E-state index in [1.807, 2.05) is 0 Å². The first-order valence-electron chi connectivity index (χ1n) is 5.77. The number of nitrogen functional groups attached to an aromatic ring is 2. The van der Waals surface area contributed by atoms with Crippen LogP contribution in [0, 0.1) is 0 Å². The molecule has 0 aromatic carbocycles. The van der Waals surface area contributed by atoms with Crippen molar-refractivity contribution < 1.29 is 19.3 Å². The number of nitrogens with zero attached hydrogens (tertiary/aromatic N) is 4. The highest BCUT2D eigenvalue weighted by Crippen LogP contribution is 2.17. The van der Waals surface area contributed by atoms with Gasteiger partial charge < -0.3 is 26.4 Å². The van der Waals surface area contributed by atoms with E-state index in [0.29, 0.717) is 11.2 Å². The van der Waals surface area contributed by atoms with Gasteiger partial charge in [-0.15, -0.1) is 0 Å². The fourth-order valence-electron chi connectivity index (χ4n) is 1.64. The fourth-order valence-corrected chi connectivity index (χ4v) is 1.64. The Hall–Kier alpha value is -2.04. The van der Waals surface area contributed by atoms with Gasteiger partial charge in [-0.25, -0.2) is 9.37 Å². The summed E-state index contributed by atoms with van der Waals surface area (Å²) in [5.41, 5.74) is 11.8. The van der Waals surface area contributed by atoms with E-state index < -0.39 is 25.5 Å². The SMILES string of the molecule is Nc1nc(N)c2ncn(CO[C@H](CO)C(O)CF)c2n1. The number of rotatable bonds is 6. The minimum Gasteiger partial charge on any atom is -0.394 e. The van der Waals surface area contributed by atoms with E-state index in [9.17, 15) is 9.50 Å². The second kappa shape index (κ2) is 5.94. The van der Waals surface area contributed by atoms with Crippen LogP contribution in [0.5, 0.6) is 0 Å². The molecule has 0 aliphatic rings. The van der Waals surface area contributed by atoms with Gasteiger partial charge in [0.15, 0.2) is 11.5 Å². The molecule has 2 aromatic heterocycles. The van der Waals surface area contributed by atoms with Crippen molar-refractivity contribution in [3.05, 3.63) is 6.33 Å². The zero-order chi connectivity index (χ0) is 14.7. The Bertz CT molecular complexity index is 592. The maximum absolute atomic E-state index is 12.3. The minimum atomic E-state index is -1.40. The monoisotopic (exact) mass is 286 g/mol. The molecule has 0 aliphatic heterocycles. The van der Waals surface area contributed by atoms with E-state index in [1.54, 1.807) is 0 Å². The van der Waals surface area contributed by atoms with Crippen molar-refractivity contribution in [2.24, 2.45) is 0 Å². The average Bonchev–Trinajstić information content (AvgIpc) is 2.82. The van der Waals surface area contributed by atoms with E-state index in [1.165, 1.54) is 10.9 Å². The van der Waals surface area contributed by atoms with Gasteiger partial charge in [0, 0.05) is 0 Å². The molecule has 0 saturated carbocycles. The van der Waals surface area contributed by atoms with E-state index in [2.05, 4.69) is 15.0 Å². The molecule has 2 rings (SSSR count). The number of aliphatic hydroxyl groups excluding tert-OH is 2. The van der Waals surface area contributed by atoms with Crippen molar-refractivity contribution in [2.45, 2.75) is 18.9 Å². The normalized spacial score (nSPS) is 14.6. The molecular weight excluding hydrogens is 271 g/mol. The van der Waals surface area contributed by atoms with E-state index in [-0.39, 0.29) is 18.5 Å². The lowest BCUT2D eigenvalue weighted by Crippen LogP contribution is -2.34. The molecule has 2 heterocycles. The van der Waals surface area contributed by atoms with Gasteiger partial charge in [0.1, 0.15) is 31.1 Å². The molecule has 1 unspecified atom stereocenters. The van der Waals surface area contributed by atoms with Gasteiger partial charge in [0.25, 0.3) is 0 Å². The lowest BCUT2D eigenvalue weighted by atomic mass is 10.2. The van der Waals surface area contributed by atoms with Gasteiger partial charge in [-0.1, -0.05) is 0 Å². The lowest BCUT2D eigenvalue weighted by molar-refractivity contribution is -0.0919. The number of anilines is 2. The number of alkyl halides is 1. The van der Waals surface area contributed by atoms with Crippen molar-refractivity contribution in [1.82, 2.24) is 19.5 Å². The van der Waals surface area contributed by atoms with Gasteiger partial charge in [-0.05, 0) is 0 Å². The molecule has 0 fully saturated rings. The second-order valence-electron chi connectivity index (χ2n) is 4.09. The van der Waals surface area contributed by atoms with Crippen LogP contribution in [0.1, 0.15) is 0 Å². The van der Waals surface area contributed by atoms with E-state index in [0.717, 1.165) is 0 Å². The standard InChI is InChI=1S/C10H15FN6O3/c11-1-5(19)6(2-18)20-4-17-3-14-7-8(12)15-10(13)16-9(7)17/h3,5-6,18-19H,1-2,4H2,(H4,12,13,15,16)/t5?,6-/m1/s1. The third kappa shape index (κ3) is 2.76. The van der Waals surface area contributed by atoms with E-state index in [4.69, 9.17) is 21.3 Å². The number of fused-ring (bicyclic) bond motifs is 1. The Kier molecular flexibility index (Phi) is 4.27. The van der Waals surface area contributed by atoms with Crippen LogP contribution in [-0.2, 0) is 11.5 Å². The van der Waals surface area contributed by atoms with Crippen LogP contribution in [0.3, 0.4) is 0 Å². The first-order valence-corrected chi connectivity index (χ1v) is 5.77. The Morgan fingerprint density at radius 1 is 1.40 bits per heavy atom. The maximum atomic E-state index is 12.3. The predicted octanol–water partition coefficient (Wildman–Crippen LogP) is -1.34. The molecule has 20 heavy (non-hydrogen) atoms. The quantitative estimate of drug-likeness (QED) is 0.510. The van der Waals surface area contributed by atoms with Crippen LogP contribution < -0.4 is 11.5 Å². The van der Waals surface area contributed by atoms with Crippen LogP contribution in [0.25, 0.3) is 11.2 Å². The number of halogens is 1. The summed E-state index contributed by atoms with van der Waals surface area (Å²) in [7, 11) is 0. The highest BCUT2D eigenvalue weighted by atomic mass is 19.1. The van der Waals surface area contributed by atoms with Crippen molar-refractivity contribution in [3.63, 3.8) is 0 Å². The number of aliphatic hydroxyl groups is 2. The minimum absolute atomic E-state index is 0.0146. The van der Waals surface area contributed by atoms with Crippen molar-refractivity contribution in [3.8, 4) is 0 Å². The van der Waals surface area contributed by atoms with Crippen LogP contribution >= 0.6 is 0 Å². The van der Waals surface area contributed by atoms with Crippen LogP contribution in [0.4, 0.5) is 16.2 Å². The van der Waals surface area contributed by atoms with Gasteiger partial charge >= 0.3 is 0 Å². The maximum Gasteiger partial charge on any atom is 0.224 e. The number of imidazole rings is 1. The summed E-state index contributed by atoms with van der Waals surface area (Å²) < 4.78 is 19.0.